The van der Waals surface area contributed by atoms with Crippen molar-refractivity contribution in [2.24, 2.45) is 0 Å². The maximum absolute atomic E-state index is 10.6. The largest absolute Gasteiger partial charge is 0.294 e. The van der Waals surface area contributed by atoms with Crippen LogP contribution in [0.15, 0.2) is 36.5 Å². The molecule has 86 valence electrons. The van der Waals surface area contributed by atoms with Gasteiger partial charge in [-0.15, -0.1) is 0 Å². The molecule has 0 unspecified atom stereocenters. The molecule has 0 amide bonds. The molecule has 0 spiro atoms. The predicted octanol–water partition coefficient (Wildman–Crippen LogP) is 3.08. The first kappa shape index (κ1) is 11.5. The summed E-state index contributed by atoms with van der Waals surface area (Å²) in [5.74, 6) is 0.732. The highest BCUT2D eigenvalue weighted by atomic mass is 16.1. The van der Waals surface area contributed by atoms with Gasteiger partial charge in [-0.1, -0.05) is 38.1 Å². The average molecular weight is 226 g/mol. The van der Waals surface area contributed by atoms with Crippen molar-refractivity contribution in [3.05, 3.63) is 47.9 Å². The maximum atomic E-state index is 10.6. The fourth-order valence-corrected chi connectivity index (χ4v) is 1.63. The molecular formula is C14H14N2O. The summed E-state index contributed by atoms with van der Waals surface area (Å²) in [5.41, 5.74) is 3.07. The van der Waals surface area contributed by atoms with Gasteiger partial charge in [0.1, 0.15) is 0 Å². The summed E-state index contributed by atoms with van der Waals surface area (Å²) < 4.78 is 0. The lowest BCUT2D eigenvalue weighted by Crippen LogP contribution is -1.94. The molecule has 3 nitrogen and oxygen atoms in total. The van der Waals surface area contributed by atoms with Gasteiger partial charge in [0.15, 0.2) is 12.1 Å². The minimum absolute atomic E-state index is 0.218. The summed E-state index contributed by atoms with van der Waals surface area (Å²) in [6, 6.07) is 10.0. The first-order chi connectivity index (χ1) is 8.20. The van der Waals surface area contributed by atoms with Crippen molar-refractivity contribution in [3.8, 4) is 11.3 Å². The van der Waals surface area contributed by atoms with Gasteiger partial charge in [-0.05, 0) is 17.5 Å². The highest BCUT2D eigenvalue weighted by molar-refractivity contribution is 5.70. The summed E-state index contributed by atoms with van der Waals surface area (Å²) >= 11 is 0. The van der Waals surface area contributed by atoms with Crippen molar-refractivity contribution in [2.75, 3.05) is 0 Å². The van der Waals surface area contributed by atoms with Crippen LogP contribution in [0.2, 0.25) is 0 Å². The third kappa shape index (κ3) is 2.56. The Hall–Kier alpha value is -2.03. The number of aromatic nitrogens is 2. The number of carbonyl (C=O) groups excluding carboxylic acids is 1. The van der Waals surface area contributed by atoms with E-state index in [0.717, 1.165) is 11.3 Å². The molecule has 17 heavy (non-hydrogen) atoms. The number of carbonyl (C=O) groups is 1. The molecule has 0 atom stereocenters. The summed E-state index contributed by atoms with van der Waals surface area (Å²) in [7, 11) is 0. The Morgan fingerprint density at radius 1 is 1.12 bits per heavy atom. The fourth-order valence-electron chi connectivity index (χ4n) is 1.63. The van der Waals surface area contributed by atoms with E-state index in [4.69, 9.17) is 0 Å². The number of hydrogen-bond acceptors (Lipinski definition) is 3. The molecule has 3 heteroatoms. The first-order valence-corrected chi connectivity index (χ1v) is 5.59. The van der Waals surface area contributed by atoms with Crippen LogP contribution < -0.4 is 0 Å². The molecule has 2 rings (SSSR count). The lowest BCUT2D eigenvalue weighted by Gasteiger charge is -2.06. The van der Waals surface area contributed by atoms with E-state index >= 15 is 0 Å². The van der Waals surface area contributed by atoms with Crippen molar-refractivity contribution in [3.63, 3.8) is 0 Å². The van der Waals surface area contributed by atoms with E-state index in [0.29, 0.717) is 12.2 Å². The van der Waals surface area contributed by atoms with Crippen LogP contribution in [0.5, 0.6) is 0 Å². The Morgan fingerprint density at radius 3 is 2.41 bits per heavy atom. The molecule has 0 fully saturated rings. The Kier molecular flexibility index (Phi) is 3.28. The van der Waals surface area contributed by atoms with Gasteiger partial charge in [0, 0.05) is 11.8 Å². The third-order valence-electron chi connectivity index (χ3n) is 2.65. The highest BCUT2D eigenvalue weighted by Crippen LogP contribution is 2.20. The van der Waals surface area contributed by atoms with Crippen molar-refractivity contribution < 1.29 is 4.79 Å². The van der Waals surface area contributed by atoms with Crippen molar-refractivity contribution >= 4 is 6.29 Å². The Balaban J connectivity index is 2.36. The van der Waals surface area contributed by atoms with E-state index in [2.05, 4.69) is 35.9 Å². The standard InChI is InChI=1S/C14H14N2O/c1-10(2)11-3-5-12(6-4-11)13-7-8-15-14(9-17)16-13/h3-10H,1-2H3. The summed E-state index contributed by atoms with van der Waals surface area (Å²) in [6.45, 7) is 4.31. The number of benzene rings is 1. The quantitative estimate of drug-likeness (QED) is 0.755. The molecular weight excluding hydrogens is 212 g/mol. The van der Waals surface area contributed by atoms with Crippen LogP contribution in [0, 0.1) is 0 Å². The topological polar surface area (TPSA) is 42.9 Å². The SMILES string of the molecule is CC(C)c1ccc(-c2ccnc(C=O)n2)cc1. The van der Waals surface area contributed by atoms with Crippen LogP contribution in [0.25, 0.3) is 11.3 Å². The van der Waals surface area contributed by atoms with Crippen molar-refractivity contribution in [1.82, 2.24) is 9.97 Å². The van der Waals surface area contributed by atoms with Crippen molar-refractivity contribution in [2.45, 2.75) is 19.8 Å². The maximum Gasteiger partial charge on any atom is 0.193 e. The molecule has 1 aromatic heterocycles. The first-order valence-electron chi connectivity index (χ1n) is 5.59. The van der Waals surface area contributed by atoms with Gasteiger partial charge in [-0.2, -0.15) is 0 Å². The van der Waals surface area contributed by atoms with E-state index in [1.165, 1.54) is 5.56 Å². The third-order valence-corrected chi connectivity index (χ3v) is 2.65. The normalized spacial score (nSPS) is 10.5. The van der Waals surface area contributed by atoms with E-state index in [9.17, 15) is 4.79 Å². The monoisotopic (exact) mass is 226 g/mol. The van der Waals surface area contributed by atoms with Crippen LogP contribution in [0.3, 0.4) is 0 Å². The molecule has 0 radical (unpaired) electrons. The summed E-state index contributed by atoms with van der Waals surface area (Å²) in [5, 5.41) is 0. The Morgan fingerprint density at radius 2 is 1.82 bits per heavy atom. The van der Waals surface area contributed by atoms with E-state index < -0.39 is 0 Å². The van der Waals surface area contributed by atoms with Gasteiger partial charge in [-0.25, -0.2) is 9.97 Å². The molecule has 0 saturated carbocycles. The number of aldehydes is 1. The molecule has 2 aromatic rings. The second kappa shape index (κ2) is 4.87. The van der Waals surface area contributed by atoms with Crippen LogP contribution in [-0.2, 0) is 0 Å². The molecule has 0 saturated heterocycles. The smallest absolute Gasteiger partial charge is 0.193 e. The summed E-state index contributed by atoms with van der Waals surface area (Å²) in [4.78, 5) is 18.6. The minimum Gasteiger partial charge on any atom is -0.294 e. The molecule has 0 aliphatic rings. The minimum atomic E-state index is 0.218. The van der Waals surface area contributed by atoms with Crippen LogP contribution in [0.1, 0.15) is 35.9 Å². The zero-order valence-corrected chi connectivity index (χ0v) is 9.92. The van der Waals surface area contributed by atoms with E-state index in [1.807, 2.05) is 12.1 Å². The average Bonchev–Trinajstić information content (AvgIpc) is 2.39. The summed E-state index contributed by atoms with van der Waals surface area (Å²) in [6.07, 6.45) is 2.26. The lowest BCUT2D eigenvalue weighted by molar-refractivity contribution is 0.111. The molecule has 1 heterocycles. The predicted molar refractivity (Wildman–Crippen MR) is 66.9 cm³/mol. The van der Waals surface area contributed by atoms with Crippen LogP contribution >= 0.6 is 0 Å². The molecule has 0 bridgehead atoms. The van der Waals surface area contributed by atoms with E-state index in [1.54, 1.807) is 12.3 Å². The van der Waals surface area contributed by atoms with Gasteiger partial charge < -0.3 is 0 Å². The van der Waals surface area contributed by atoms with Gasteiger partial charge in [0.05, 0.1) is 5.69 Å². The Labute approximate surface area is 101 Å². The number of nitrogens with zero attached hydrogens (tertiary/aromatic N) is 2. The fraction of sp³-hybridized carbons (Fsp3) is 0.214. The second-order valence-electron chi connectivity index (χ2n) is 4.19. The van der Waals surface area contributed by atoms with Crippen LogP contribution in [0.4, 0.5) is 0 Å². The van der Waals surface area contributed by atoms with Gasteiger partial charge in [0.2, 0.25) is 0 Å². The lowest BCUT2D eigenvalue weighted by atomic mass is 10.0. The Bertz CT molecular complexity index is 518. The van der Waals surface area contributed by atoms with Crippen LogP contribution in [-0.4, -0.2) is 16.3 Å². The number of hydrogen-bond donors (Lipinski definition) is 0. The van der Waals surface area contributed by atoms with E-state index in [-0.39, 0.29) is 5.82 Å². The zero-order chi connectivity index (χ0) is 12.3. The second-order valence-corrected chi connectivity index (χ2v) is 4.19. The van der Waals surface area contributed by atoms with Gasteiger partial charge in [0.25, 0.3) is 0 Å². The number of rotatable bonds is 3. The molecule has 1 aromatic carbocycles. The molecule has 0 aliphatic carbocycles. The van der Waals surface area contributed by atoms with Gasteiger partial charge in [-0.3, -0.25) is 4.79 Å². The van der Waals surface area contributed by atoms with Crippen molar-refractivity contribution in [1.29, 1.82) is 0 Å². The zero-order valence-electron chi connectivity index (χ0n) is 9.92. The van der Waals surface area contributed by atoms with Gasteiger partial charge >= 0.3 is 0 Å². The molecule has 0 aliphatic heterocycles. The highest BCUT2D eigenvalue weighted by Gasteiger charge is 2.03. The molecule has 0 N–H and O–H groups in total.